The summed E-state index contributed by atoms with van der Waals surface area (Å²) < 4.78 is 11.2. The number of aromatic nitrogens is 4. The molecule has 0 bridgehead atoms. The van der Waals surface area contributed by atoms with Gasteiger partial charge in [0, 0.05) is 49.9 Å². The van der Waals surface area contributed by atoms with E-state index >= 15 is 0 Å². The first-order valence-corrected chi connectivity index (χ1v) is 11.0. The van der Waals surface area contributed by atoms with Gasteiger partial charge in [0.05, 0.1) is 0 Å². The third-order valence-electron chi connectivity index (χ3n) is 5.53. The second kappa shape index (κ2) is 8.31. The van der Waals surface area contributed by atoms with Crippen molar-refractivity contribution in [3.05, 3.63) is 54.0 Å². The second-order valence-corrected chi connectivity index (χ2v) is 9.43. The highest BCUT2D eigenvalue weighted by Crippen LogP contribution is 2.24. The number of oxazole rings is 1. The van der Waals surface area contributed by atoms with Crippen molar-refractivity contribution in [2.75, 3.05) is 31.1 Å². The monoisotopic (exact) mass is 446 g/mol. The van der Waals surface area contributed by atoms with E-state index in [1.54, 1.807) is 6.20 Å². The minimum absolute atomic E-state index is 0.00182. The zero-order valence-corrected chi connectivity index (χ0v) is 19.0. The van der Waals surface area contributed by atoms with Crippen LogP contribution in [-0.2, 0) is 6.42 Å². The Balaban J connectivity index is 1.21. The van der Waals surface area contributed by atoms with Gasteiger partial charge in [-0.3, -0.25) is 4.79 Å². The van der Waals surface area contributed by atoms with Crippen LogP contribution in [0.1, 0.15) is 37.0 Å². The van der Waals surface area contributed by atoms with E-state index in [1.807, 2.05) is 46.2 Å². The lowest BCUT2D eigenvalue weighted by molar-refractivity contribution is 0.0745. The maximum Gasteiger partial charge on any atom is 0.300 e. The molecule has 1 aliphatic rings. The van der Waals surface area contributed by atoms with E-state index in [0.29, 0.717) is 67.1 Å². The van der Waals surface area contributed by atoms with Crippen molar-refractivity contribution in [3.63, 3.8) is 0 Å². The average molecular weight is 447 g/mol. The number of fused-ring (bicyclic) bond motifs is 1. The number of benzene rings is 1. The molecular weight excluding hydrogens is 420 g/mol. The fraction of sp³-hybridized carbons (Fsp3) is 0.375. The number of carbonyl (C=O) groups is 1. The molecule has 5 rings (SSSR count). The summed E-state index contributed by atoms with van der Waals surface area (Å²) in [5.74, 6) is 1.15. The summed E-state index contributed by atoms with van der Waals surface area (Å²) in [4.78, 5) is 30.0. The summed E-state index contributed by atoms with van der Waals surface area (Å²) in [6.45, 7) is 8.86. The van der Waals surface area contributed by atoms with Crippen LogP contribution in [0.15, 0.2) is 51.5 Å². The number of rotatable bonds is 4. The molecule has 1 fully saturated rings. The molecule has 3 aromatic heterocycles. The van der Waals surface area contributed by atoms with Gasteiger partial charge in [0.25, 0.3) is 11.9 Å². The zero-order chi connectivity index (χ0) is 23.0. The van der Waals surface area contributed by atoms with Gasteiger partial charge in [-0.05, 0) is 29.7 Å². The molecule has 4 heterocycles. The summed E-state index contributed by atoms with van der Waals surface area (Å²) >= 11 is 0. The minimum atomic E-state index is 0.00182. The number of amides is 1. The fourth-order valence-electron chi connectivity index (χ4n) is 3.84. The van der Waals surface area contributed by atoms with Crippen molar-refractivity contribution in [1.82, 2.24) is 25.0 Å². The van der Waals surface area contributed by atoms with Crippen molar-refractivity contribution in [2.45, 2.75) is 27.2 Å². The number of anilines is 1. The van der Waals surface area contributed by atoms with E-state index < -0.39 is 0 Å². The summed E-state index contributed by atoms with van der Waals surface area (Å²) in [6.07, 6.45) is 2.41. The molecule has 33 heavy (non-hydrogen) atoms. The standard InChI is InChI=1S/C24H26N6O3/c1-24(2,3)15-19-26-20(28-33-19)16-6-8-17(9-7-16)22(31)29-11-13-30(14-12-29)23-27-21-18(32-23)5-4-10-25-21/h4-10H,11-15H2,1-3H3. The molecule has 9 heteroatoms. The van der Waals surface area contributed by atoms with Gasteiger partial charge in [-0.15, -0.1) is 0 Å². The van der Waals surface area contributed by atoms with Crippen molar-refractivity contribution in [1.29, 1.82) is 0 Å². The molecule has 170 valence electrons. The van der Waals surface area contributed by atoms with E-state index in [0.717, 1.165) is 5.56 Å². The van der Waals surface area contributed by atoms with E-state index in [-0.39, 0.29) is 11.3 Å². The first-order valence-electron chi connectivity index (χ1n) is 11.0. The number of piperazine rings is 1. The number of hydrogen-bond donors (Lipinski definition) is 0. The van der Waals surface area contributed by atoms with Gasteiger partial charge >= 0.3 is 0 Å². The molecular formula is C24H26N6O3. The Kier molecular flexibility index (Phi) is 5.32. The number of hydrogen-bond acceptors (Lipinski definition) is 8. The number of nitrogens with zero attached hydrogens (tertiary/aromatic N) is 6. The van der Waals surface area contributed by atoms with Crippen LogP contribution in [0, 0.1) is 5.41 Å². The fourth-order valence-corrected chi connectivity index (χ4v) is 3.84. The van der Waals surface area contributed by atoms with Crippen molar-refractivity contribution in [2.24, 2.45) is 5.41 Å². The van der Waals surface area contributed by atoms with E-state index in [2.05, 4.69) is 40.9 Å². The largest absolute Gasteiger partial charge is 0.422 e. The molecule has 0 spiro atoms. The topological polar surface area (TPSA) is 101 Å². The normalized spacial score (nSPS) is 14.8. The Morgan fingerprint density at radius 1 is 1.03 bits per heavy atom. The Hall–Kier alpha value is -3.75. The molecule has 0 saturated carbocycles. The van der Waals surface area contributed by atoms with Crippen molar-refractivity contribution in [3.8, 4) is 11.4 Å². The maximum absolute atomic E-state index is 13.0. The quantitative estimate of drug-likeness (QED) is 0.466. The zero-order valence-electron chi connectivity index (χ0n) is 19.0. The second-order valence-electron chi connectivity index (χ2n) is 9.43. The van der Waals surface area contributed by atoms with E-state index in [4.69, 9.17) is 8.94 Å². The maximum atomic E-state index is 13.0. The lowest BCUT2D eigenvalue weighted by Gasteiger charge is -2.33. The molecule has 0 aliphatic carbocycles. The van der Waals surface area contributed by atoms with Crippen LogP contribution in [0.25, 0.3) is 22.6 Å². The molecule has 4 aromatic rings. The third kappa shape index (κ3) is 4.57. The number of pyridine rings is 1. The predicted molar refractivity (Wildman–Crippen MR) is 123 cm³/mol. The minimum Gasteiger partial charge on any atom is -0.422 e. The third-order valence-corrected chi connectivity index (χ3v) is 5.53. The first-order chi connectivity index (χ1) is 15.9. The Bertz CT molecular complexity index is 1230. The molecule has 9 nitrogen and oxygen atoms in total. The highest BCUT2D eigenvalue weighted by atomic mass is 16.5. The van der Waals surface area contributed by atoms with Gasteiger partial charge < -0.3 is 18.7 Å². The van der Waals surface area contributed by atoms with Crippen LogP contribution in [0.5, 0.6) is 0 Å². The van der Waals surface area contributed by atoms with Crippen molar-refractivity contribution >= 4 is 23.2 Å². The van der Waals surface area contributed by atoms with Gasteiger partial charge in [-0.25, -0.2) is 4.98 Å². The lowest BCUT2D eigenvalue weighted by Crippen LogP contribution is -2.48. The average Bonchev–Trinajstić information content (AvgIpc) is 3.45. The Morgan fingerprint density at radius 3 is 2.48 bits per heavy atom. The molecule has 0 unspecified atom stereocenters. The molecule has 0 atom stereocenters. The highest BCUT2D eigenvalue weighted by molar-refractivity contribution is 5.94. The Morgan fingerprint density at radius 2 is 1.79 bits per heavy atom. The molecule has 0 radical (unpaired) electrons. The van der Waals surface area contributed by atoms with E-state index in [9.17, 15) is 4.79 Å². The smallest absolute Gasteiger partial charge is 0.300 e. The van der Waals surface area contributed by atoms with Crippen LogP contribution < -0.4 is 4.90 Å². The predicted octanol–water partition coefficient (Wildman–Crippen LogP) is 3.82. The van der Waals surface area contributed by atoms with Gasteiger partial charge in [0.15, 0.2) is 5.58 Å². The van der Waals surface area contributed by atoms with Crippen LogP contribution in [0.3, 0.4) is 0 Å². The Labute approximate surface area is 191 Å². The van der Waals surface area contributed by atoms with Crippen LogP contribution in [0.2, 0.25) is 0 Å². The SMILES string of the molecule is CC(C)(C)Cc1nc(-c2ccc(C(=O)N3CCN(c4nc5ncccc5o4)CC3)cc2)no1. The van der Waals surface area contributed by atoms with Gasteiger partial charge in [0.1, 0.15) is 0 Å². The number of carbonyl (C=O) groups excluding carboxylic acids is 1. The molecule has 1 saturated heterocycles. The molecule has 1 aromatic carbocycles. The summed E-state index contributed by atoms with van der Waals surface area (Å²) in [7, 11) is 0. The van der Waals surface area contributed by atoms with Crippen molar-refractivity contribution < 1.29 is 13.7 Å². The summed E-state index contributed by atoms with van der Waals surface area (Å²) in [5, 5.41) is 4.08. The summed E-state index contributed by atoms with van der Waals surface area (Å²) in [5.41, 5.74) is 2.79. The van der Waals surface area contributed by atoms with Gasteiger partial charge in [0.2, 0.25) is 17.4 Å². The van der Waals surface area contributed by atoms with Crippen LogP contribution >= 0.6 is 0 Å². The van der Waals surface area contributed by atoms with E-state index in [1.165, 1.54) is 0 Å². The van der Waals surface area contributed by atoms with Crippen LogP contribution in [0.4, 0.5) is 6.01 Å². The van der Waals surface area contributed by atoms with Crippen LogP contribution in [-0.4, -0.2) is 57.1 Å². The summed E-state index contributed by atoms with van der Waals surface area (Å²) in [6, 6.07) is 11.6. The molecule has 1 aliphatic heterocycles. The first kappa shape index (κ1) is 21.1. The van der Waals surface area contributed by atoms with Gasteiger partial charge in [-0.1, -0.05) is 38.1 Å². The lowest BCUT2D eigenvalue weighted by atomic mass is 9.92. The molecule has 0 N–H and O–H groups in total. The molecule has 1 amide bonds. The highest BCUT2D eigenvalue weighted by Gasteiger charge is 2.25. The van der Waals surface area contributed by atoms with Gasteiger partial charge in [-0.2, -0.15) is 9.97 Å².